The third kappa shape index (κ3) is 3.88. The van der Waals surface area contributed by atoms with Crippen molar-refractivity contribution in [2.75, 3.05) is 0 Å². The number of hydrogen-bond donors (Lipinski definition) is 0. The summed E-state index contributed by atoms with van der Waals surface area (Å²) < 4.78 is 0. The summed E-state index contributed by atoms with van der Waals surface area (Å²) in [7, 11) is -1.49. The summed E-state index contributed by atoms with van der Waals surface area (Å²) in [4.78, 5) is 0. The van der Waals surface area contributed by atoms with Gasteiger partial charge in [-0.25, -0.2) is 0 Å². The molecule has 1 fully saturated rings. The van der Waals surface area contributed by atoms with Gasteiger partial charge >= 0.3 is 0 Å². The molecular weight excluding hydrogens is 244 g/mol. The normalized spacial score (nSPS) is 24.7. The molecule has 1 aliphatic carbocycles. The lowest BCUT2D eigenvalue weighted by atomic mass is 9.84. The molecular formula is C18H34Si. The Kier molecular flexibility index (Phi) is 6.18. The van der Waals surface area contributed by atoms with Crippen LogP contribution in [0.25, 0.3) is 0 Å². The van der Waals surface area contributed by atoms with Crippen LogP contribution < -0.4 is 0 Å². The molecule has 0 aromatic rings. The van der Waals surface area contributed by atoms with Crippen molar-refractivity contribution in [2.24, 2.45) is 11.8 Å². The van der Waals surface area contributed by atoms with Gasteiger partial charge in [-0.2, -0.15) is 0 Å². The molecule has 0 aliphatic heterocycles. The summed E-state index contributed by atoms with van der Waals surface area (Å²) >= 11 is 0. The SMILES string of the molecule is CC1CCC(C#C[Si](C(C)C)(C(C)C)C(C)C)CC1. The summed E-state index contributed by atoms with van der Waals surface area (Å²) in [6.07, 6.45) is 5.46. The molecule has 0 heterocycles. The Morgan fingerprint density at radius 3 is 1.58 bits per heavy atom. The van der Waals surface area contributed by atoms with E-state index >= 15 is 0 Å². The zero-order chi connectivity index (χ0) is 14.6. The van der Waals surface area contributed by atoms with E-state index in [1.165, 1.54) is 25.7 Å². The van der Waals surface area contributed by atoms with E-state index in [1.807, 2.05) is 0 Å². The molecule has 0 radical (unpaired) electrons. The average Bonchev–Trinajstić information content (AvgIpc) is 2.30. The third-order valence-corrected chi connectivity index (χ3v) is 11.7. The van der Waals surface area contributed by atoms with E-state index < -0.39 is 8.07 Å². The van der Waals surface area contributed by atoms with Crippen molar-refractivity contribution in [3.05, 3.63) is 0 Å². The van der Waals surface area contributed by atoms with Crippen LogP contribution in [0.4, 0.5) is 0 Å². The zero-order valence-corrected chi connectivity index (χ0v) is 15.2. The van der Waals surface area contributed by atoms with E-state index in [0.29, 0.717) is 5.92 Å². The van der Waals surface area contributed by atoms with E-state index in [4.69, 9.17) is 0 Å². The van der Waals surface area contributed by atoms with E-state index in [9.17, 15) is 0 Å². The highest BCUT2D eigenvalue weighted by Gasteiger charge is 2.41. The van der Waals surface area contributed by atoms with Crippen LogP contribution in [-0.4, -0.2) is 8.07 Å². The first-order valence-electron chi connectivity index (χ1n) is 8.33. The number of rotatable bonds is 3. The lowest BCUT2D eigenvalue weighted by Gasteiger charge is -2.38. The first-order chi connectivity index (χ1) is 8.80. The van der Waals surface area contributed by atoms with Crippen molar-refractivity contribution in [1.82, 2.24) is 0 Å². The largest absolute Gasteiger partial charge is 0.145 e. The molecule has 1 rings (SSSR count). The molecule has 0 saturated heterocycles. The Morgan fingerprint density at radius 2 is 1.21 bits per heavy atom. The minimum Gasteiger partial charge on any atom is -0.130 e. The molecule has 0 N–H and O–H groups in total. The van der Waals surface area contributed by atoms with Crippen molar-refractivity contribution in [1.29, 1.82) is 0 Å². The van der Waals surface area contributed by atoms with E-state index in [-0.39, 0.29) is 0 Å². The molecule has 1 saturated carbocycles. The first kappa shape index (κ1) is 16.8. The lowest BCUT2D eigenvalue weighted by Crippen LogP contribution is -2.43. The summed E-state index contributed by atoms with van der Waals surface area (Å²) in [6.45, 7) is 16.8. The van der Waals surface area contributed by atoms with Gasteiger partial charge in [0.05, 0.1) is 0 Å². The van der Waals surface area contributed by atoms with Gasteiger partial charge in [-0.1, -0.05) is 48.5 Å². The minimum atomic E-state index is -1.49. The Hall–Kier alpha value is -0.223. The highest BCUT2D eigenvalue weighted by atomic mass is 28.3. The Labute approximate surface area is 122 Å². The van der Waals surface area contributed by atoms with Crippen LogP contribution in [0, 0.1) is 23.3 Å². The van der Waals surface area contributed by atoms with Gasteiger partial charge in [0.1, 0.15) is 8.07 Å². The fourth-order valence-electron chi connectivity index (χ4n) is 4.06. The van der Waals surface area contributed by atoms with Crippen LogP contribution >= 0.6 is 0 Å². The van der Waals surface area contributed by atoms with Gasteiger partial charge in [0, 0.05) is 5.92 Å². The molecule has 19 heavy (non-hydrogen) atoms. The number of hydrogen-bond acceptors (Lipinski definition) is 0. The second kappa shape index (κ2) is 6.98. The van der Waals surface area contributed by atoms with Gasteiger partial charge in [0.2, 0.25) is 0 Å². The highest BCUT2D eigenvalue weighted by Crippen LogP contribution is 2.41. The minimum absolute atomic E-state index is 0.694. The van der Waals surface area contributed by atoms with Crippen LogP contribution in [0.2, 0.25) is 16.6 Å². The van der Waals surface area contributed by atoms with Crippen molar-refractivity contribution < 1.29 is 0 Å². The van der Waals surface area contributed by atoms with Gasteiger partial charge in [-0.3, -0.25) is 0 Å². The van der Waals surface area contributed by atoms with E-state index in [1.54, 1.807) is 0 Å². The topological polar surface area (TPSA) is 0 Å². The van der Waals surface area contributed by atoms with Crippen molar-refractivity contribution in [3.63, 3.8) is 0 Å². The maximum Gasteiger partial charge on any atom is 0.145 e. The monoisotopic (exact) mass is 278 g/mol. The maximum atomic E-state index is 3.91. The first-order valence-corrected chi connectivity index (χ1v) is 10.6. The second-order valence-corrected chi connectivity index (χ2v) is 13.2. The maximum absolute atomic E-state index is 3.91. The standard InChI is InChI=1S/C18H34Si/c1-14(2)19(15(3)4,16(5)6)13-12-18-10-8-17(7)9-11-18/h14-18H,8-11H2,1-7H3. The summed E-state index contributed by atoms with van der Waals surface area (Å²) in [6, 6.07) is 0. The van der Waals surface area contributed by atoms with E-state index in [0.717, 1.165) is 22.5 Å². The van der Waals surface area contributed by atoms with Crippen LogP contribution in [0.15, 0.2) is 0 Å². The Bertz CT molecular complexity index is 300. The predicted molar refractivity (Wildman–Crippen MR) is 89.9 cm³/mol. The molecule has 0 aromatic heterocycles. The summed E-state index contributed by atoms with van der Waals surface area (Å²) in [5.74, 6) is 5.36. The molecule has 1 heteroatoms. The molecule has 0 aromatic carbocycles. The fourth-order valence-corrected chi connectivity index (χ4v) is 9.38. The van der Waals surface area contributed by atoms with Crippen LogP contribution in [-0.2, 0) is 0 Å². The summed E-state index contributed by atoms with van der Waals surface area (Å²) in [5, 5.41) is 0. The Balaban J connectivity index is 2.90. The Morgan fingerprint density at radius 1 is 0.789 bits per heavy atom. The lowest BCUT2D eigenvalue weighted by molar-refractivity contribution is 0.337. The fraction of sp³-hybridized carbons (Fsp3) is 0.889. The molecule has 1 aliphatic rings. The summed E-state index contributed by atoms with van der Waals surface area (Å²) in [5.41, 5.74) is 6.20. The molecule has 0 amide bonds. The molecule has 0 spiro atoms. The molecule has 0 unspecified atom stereocenters. The molecule has 110 valence electrons. The van der Waals surface area contributed by atoms with Crippen molar-refractivity contribution in [3.8, 4) is 11.5 Å². The second-order valence-electron chi connectivity index (χ2n) is 7.62. The van der Waals surface area contributed by atoms with E-state index in [2.05, 4.69) is 59.9 Å². The average molecular weight is 279 g/mol. The van der Waals surface area contributed by atoms with Gasteiger partial charge < -0.3 is 0 Å². The van der Waals surface area contributed by atoms with Crippen LogP contribution in [0.1, 0.15) is 74.1 Å². The third-order valence-electron chi connectivity index (χ3n) is 5.37. The molecule has 0 nitrogen and oxygen atoms in total. The quantitative estimate of drug-likeness (QED) is 0.436. The molecule has 0 atom stereocenters. The molecule has 0 bridgehead atoms. The van der Waals surface area contributed by atoms with Crippen molar-refractivity contribution in [2.45, 2.75) is 90.8 Å². The highest BCUT2D eigenvalue weighted by molar-refractivity contribution is 6.90. The van der Waals surface area contributed by atoms with Crippen molar-refractivity contribution >= 4 is 8.07 Å². The van der Waals surface area contributed by atoms with Gasteiger partial charge in [-0.15, -0.1) is 11.5 Å². The van der Waals surface area contributed by atoms with Crippen LogP contribution in [0.3, 0.4) is 0 Å². The van der Waals surface area contributed by atoms with Gasteiger partial charge in [0.25, 0.3) is 0 Å². The van der Waals surface area contributed by atoms with Crippen LogP contribution in [0.5, 0.6) is 0 Å². The zero-order valence-electron chi connectivity index (χ0n) is 14.2. The van der Waals surface area contributed by atoms with Gasteiger partial charge in [-0.05, 0) is 48.2 Å². The predicted octanol–water partition coefficient (Wildman–Crippen LogP) is 6.03. The van der Waals surface area contributed by atoms with Gasteiger partial charge in [0.15, 0.2) is 0 Å². The smallest absolute Gasteiger partial charge is 0.130 e.